The Bertz CT molecular complexity index is 454. The summed E-state index contributed by atoms with van der Waals surface area (Å²) in [7, 11) is 0. The molecular formula is C22H35F3O. The molecule has 26 heavy (non-hydrogen) atoms. The van der Waals surface area contributed by atoms with Gasteiger partial charge in [-0.2, -0.15) is 13.2 Å². The lowest BCUT2D eigenvalue weighted by molar-refractivity contribution is -0.266. The number of alkyl halides is 2. The molecule has 0 aromatic carbocycles. The van der Waals surface area contributed by atoms with Gasteiger partial charge in [-0.3, -0.25) is 0 Å². The molecule has 0 unspecified atom stereocenters. The summed E-state index contributed by atoms with van der Waals surface area (Å²) in [6.07, 6.45) is 9.98. The topological polar surface area (TPSA) is 9.23 Å². The van der Waals surface area contributed by atoms with Crippen LogP contribution in [0, 0.1) is 35.5 Å². The molecule has 0 aliphatic heterocycles. The Morgan fingerprint density at radius 2 is 1.08 bits per heavy atom. The highest BCUT2D eigenvalue weighted by molar-refractivity contribution is 4.87. The van der Waals surface area contributed by atoms with E-state index in [0.717, 1.165) is 30.6 Å². The average molecular weight is 373 g/mol. The van der Waals surface area contributed by atoms with E-state index in [2.05, 4.69) is 18.2 Å². The van der Waals surface area contributed by atoms with Gasteiger partial charge in [0.1, 0.15) is 0 Å². The summed E-state index contributed by atoms with van der Waals surface area (Å²) in [5, 5.41) is 0. The Morgan fingerprint density at radius 1 is 0.731 bits per heavy atom. The summed E-state index contributed by atoms with van der Waals surface area (Å²) in [6, 6.07) is -1.38. The first-order valence-electron chi connectivity index (χ1n) is 10.8. The lowest BCUT2D eigenvalue weighted by atomic mass is 9.65. The first kappa shape index (κ1) is 20.1. The van der Waals surface area contributed by atoms with Crippen molar-refractivity contribution in [3.63, 3.8) is 0 Å². The minimum atomic E-state index is -3.41. The zero-order valence-corrected chi connectivity index (χ0v) is 16.2. The maximum Gasteiger partial charge on any atom is 0.402 e. The van der Waals surface area contributed by atoms with E-state index in [1.807, 2.05) is 0 Å². The van der Waals surface area contributed by atoms with Crippen molar-refractivity contribution in [2.24, 2.45) is 35.5 Å². The van der Waals surface area contributed by atoms with Crippen molar-refractivity contribution >= 4 is 0 Å². The molecule has 0 bridgehead atoms. The Balaban J connectivity index is 1.41. The second-order valence-electron chi connectivity index (χ2n) is 9.33. The van der Waals surface area contributed by atoms with Crippen molar-refractivity contribution in [2.45, 2.75) is 90.1 Å². The maximum absolute atomic E-state index is 13.9. The molecule has 0 radical (unpaired) electrons. The summed E-state index contributed by atoms with van der Waals surface area (Å²) >= 11 is 0. The van der Waals surface area contributed by atoms with Crippen molar-refractivity contribution < 1.29 is 17.9 Å². The molecule has 0 aromatic rings. The number of hydrogen-bond donors (Lipinski definition) is 0. The van der Waals surface area contributed by atoms with Crippen LogP contribution in [0.15, 0.2) is 12.6 Å². The van der Waals surface area contributed by atoms with Gasteiger partial charge in [0, 0.05) is 0 Å². The number of hydrogen-bond acceptors (Lipinski definition) is 1. The lowest BCUT2D eigenvalue weighted by Crippen LogP contribution is -2.36. The predicted molar refractivity (Wildman–Crippen MR) is 98.3 cm³/mol. The van der Waals surface area contributed by atoms with Crippen LogP contribution in [0.1, 0.15) is 84.0 Å². The van der Waals surface area contributed by atoms with Gasteiger partial charge < -0.3 is 4.74 Å². The molecule has 3 saturated carbocycles. The van der Waals surface area contributed by atoms with Crippen molar-refractivity contribution in [2.75, 3.05) is 0 Å². The van der Waals surface area contributed by atoms with Crippen LogP contribution < -0.4 is 0 Å². The Kier molecular flexibility index (Phi) is 6.61. The van der Waals surface area contributed by atoms with Crippen LogP contribution in [-0.4, -0.2) is 6.11 Å². The van der Waals surface area contributed by atoms with E-state index in [0.29, 0.717) is 24.7 Å². The second-order valence-corrected chi connectivity index (χ2v) is 9.33. The van der Waals surface area contributed by atoms with E-state index in [1.54, 1.807) is 0 Å². The van der Waals surface area contributed by atoms with Gasteiger partial charge in [0.15, 0.2) is 0 Å². The molecule has 150 valence electrons. The zero-order valence-electron chi connectivity index (χ0n) is 16.2. The fraction of sp³-hybridized carbons (Fsp3) is 0.909. The molecular weight excluding hydrogens is 337 g/mol. The van der Waals surface area contributed by atoms with Gasteiger partial charge in [0.2, 0.25) is 0 Å². The standard InChI is InChI=1S/C22H35F3O/c1-15-3-5-17(6-4-15)18-7-9-19(10-8-18)20-11-13-21(14-12-20)22(24,25)26-16(2)23/h15,17-21H,2-14H2,1H3. The van der Waals surface area contributed by atoms with Gasteiger partial charge in [-0.05, 0) is 100 Å². The summed E-state index contributed by atoms with van der Waals surface area (Å²) in [5.74, 6) is 3.17. The third-order valence-electron chi connectivity index (χ3n) is 7.70. The van der Waals surface area contributed by atoms with Crippen LogP contribution in [0.5, 0.6) is 0 Å². The first-order valence-corrected chi connectivity index (χ1v) is 10.8. The molecule has 0 aromatic heterocycles. The zero-order chi connectivity index (χ0) is 18.7. The highest BCUT2D eigenvalue weighted by atomic mass is 19.3. The van der Waals surface area contributed by atoms with E-state index in [1.165, 1.54) is 51.4 Å². The Morgan fingerprint density at radius 3 is 1.46 bits per heavy atom. The van der Waals surface area contributed by atoms with Gasteiger partial charge in [-0.25, -0.2) is 0 Å². The third-order valence-corrected chi connectivity index (χ3v) is 7.70. The monoisotopic (exact) mass is 372 g/mol. The van der Waals surface area contributed by atoms with Gasteiger partial charge in [0.05, 0.1) is 5.92 Å². The molecule has 0 N–H and O–H groups in total. The fourth-order valence-electron chi connectivity index (χ4n) is 6.00. The highest BCUT2D eigenvalue weighted by Gasteiger charge is 2.45. The molecule has 0 spiro atoms. The van der Waals surface area contributed by atoms with Crippen molar-refractivity contribution in [3.8, 4) is 0 Å². The van der Waals surface area contributed by atoms with Gasteiger partial charge in [0.25, 0.3) is 6.01 Å². The molecule has 1 nitrogen and oxygen atoms in total. The normalized spacial score (nSPS) is 39.4. The Hall–Kier alpha value is -0.670. The van der Waals surface area contributed by atoms with Gasteiger partial charge in [-0.15, -0.1) is 0 Å². The number of halogens is 3. The molecule has 3 rings (SSSR count). The molecule has 3 aliphatic rings. The summed E-state index contributed by atoms with van der Waals surface area (Å²) in [6.45, 7) is 5.18. The smallest absolute Gasteiger partial charge is 0.402 e. The Labute approximate surface area is 156 Å². The fourth-order valence-corrected chi connectivity index (χ4v) is 6.00. The SMILES string of the molecule is C=C(F)OC(F)(F)C1CCC(C2CCC(C3CCC(C)CC3)CC2)CC1. The molecule has 4 heteroatoms. The highest BCUT2D eigenvalue weighted by Crippen LogP contribution is 2.48. The average Bonchev–Trinajstić information content (AvgIpc) is 2.62. The summed E-state index contributed by atoms with van der Waals surface area (Å²) in [5.41, 5.74) is 0. The van der Waals surface area contributed by atoms with Crippen LogP contribution in [0.3, 0.4) is 0 Å². The maximum atomic E-state index is 13.9. The molecule has 0 atom stereocenters. The number of rotatable bonds is 5. The van der Waals surface area contributed by atoms with Gasteiger partial charge >= 0.3 is 6.11 Å². The molecule has 0 heterocycles. The van der Waals surface area contributed by atoms with Crippen LogP contribution >= 0.6 is 0 Å². The minimum absolute atomic E-state index is 0.436. The first-order chi connectivity index (χ1) is 12.3. The van der Waals surface area contributed by atoms with E-state index in [-0.39, 0.29) is 0 Å². The summed E-state index contributed by atoms with van der Waals surface area (Å²) < 4.78 is 44.5. The quantitative estimate of drug-likeness (QED) is 0.455. The predicted octanol–water partition coefficient (Wildman–Crippen LogP) is 7.48. The minimum Gasteiger partial charge on any atom is -0.406 e. The molecule has 0 amide bonds. The van der Waals surface area contributed by atoms with E-state index in [9.17, 15) is 13.2 Å². The number of ether oxygens (including phenoxy) is 1. The van der Waals surface area contributed by atoms with E-state index >= 15 is 0 Å². The third kappa shape index (κ3) is 4.98. The summed E-state index contributed by atoms with van der Waals surface area (Å²) in [4.78, 5) is 0. The largest absolute Gasteiger partial charge is 0.406 e. The van der Waals surface area contributed by atoms with Crippen LogP contribution in [-0.2, 0) is 4.74 Å². The second kappa shape index (κ2) is 8.56. The van der Waals surface area contributed by atoms with Crippen LogP contribution in [0.2, 0.25) is 0 Å². The van der Waals surface area contributed by atoms with Crippen molar-refractivity contribution in [1.29, 1.82) is 0 Å². The van der Waals surface area contributed by atoms with E-state index < -0.39 is 18.0 Å². The molecule has 0 saturated heterocycles. The lowest BCUT2D eigenvalue weighted by Gasteiger charge is -2.41. The molecule has 3 aliphatic carbocycles. The van der Waals surface area contributed by atoms with Crippen molar-refractivity contribution in [1.82, 2.24) is 0 Å². The van der Waals surface area contributed by atoms with Crippen LogP contribution in [0.4, 0.5) is 13.2 Å². The van der Waals surface area contributed by atoms with Crippen molar-refractivity contribution in [3.05, 3.63) is 12.6 Å². The van der Waals surface area contributed by atoms with Crippen LogP contribution in [0.25, 0.3) is 0 Å². The molecule has 3 fully saturated rings. The van der Waals surface area contributed by atoms with E-state index in [4.69, 9.17) is 0 Å². The van der Waals surface area contributed by atoms with Gasteiger partial charge in [-0.1, -0.05) is 19.8 Å².